The van der Waals surface area contributed by atoms with Gasteiger partial charge in [-0.3, -0.25) is 0 Å². The van der Waals surface area contributed by atoms with Crippen LogP contribution in [-0.2, 0) is 11.3 Å². The highest BCUT2D eigenvalue weighted by Crippen LogP contribution is 2.25. The Balaban J connectivity index is 2.10. The third-order valence-electron chi connectivity index (χ3n) is 3.22. The molecule has 1 aliphatic rings. The van der Waals surface area contributed by atoms with Gasteiger partial charge < -0.3 is 9.68 Å². The summed E-state index contributed by atoms with van der Waals surface area (Å²) in [5, 5.41) is 18.4. The zero-order valence-corrected chi connectivity index (χ0v) is 9.93. The molecule has 5 heteroatoms. The van der Waals surface area contributed by atoms with Gasteiger partial charge >= 0.3 is 7.12 Å². The smallest absolute Gasteiger partial charge is 0.423 e. The highest BCUT2D eigenvalue weighted by Gasteiger charge is 2.28. The monoisotopic (exact) mass is 253 g/mol. The molecule has 2 aromatic rings. The normalized spacial score (nSPS) is 13.2. The molecule has 0 bridgehead atoms. The molecule has 1 aliphatic heterocycles. The van der Waals surface area contributed by atoms with Crippen molar-refractivity contribution >= 4 is 12.6 Å². The molecule has 3 nitrogen and oxygen atoms in total. The van der Waals surface area contributed by atoms with Crippen molar-refractivity contribution in [1.82, 2.24) is 0 Å². The van der Waals surface area contributed by atoms with Crippen LogP contribution in [-0.4, -0.2) is 12.1 Å². The Morgan fingerprint density at radius 1 is 1.26 bits per heavy atom. The molecule has 1 N–H and O–H groups in total. The van der Waals surface area contributed by atoms with Gasteiger partial charge in [0, 0.05) is 5.56 Å². The predicted octanol–water partition coefficient (Wildman–Crippen LogP) is 1.58. The standard InChI is InChI=1S/C14H9BFNO2/c16-14-5-11-8-19-15(18)13(11)6-12(14)10-3-1-9(7-17)2-4-10/h1-6,18H,8H2. The summed E-state index contributed by atoms with van der Waals surface area (Å²) in [6.07, 6.45) is 0. The maximum Gasteiger partial charge on any atom is 0.491 e. The van der Waals surface area contributed by atoms with E-state index in [1.54, 1.807) is 30.3 Å². The van der Waals surface area contributed by atoms with Gasteiger partial charge in [0.25, 0.3) is 0 Å². The fourth-order valence-corrected chi connectivity index (χ4v) is 2.19. The Morgan fingerprint density at radius 2 is 2.00 bits per heavy atom. The number of nitrogens with zero attached hydrogens (tertiary/aromatic N) is 1. The van der Waals surface area contributed by atoms with Crippen LogP contribution < -0.4 is 5.46 Å². The van der Waals surface area contributed by atoms with Crippen molar-refractivity contribution in [3.8, 4) is 17.2 Å². The van der Waals surface area contributed by atoms with E-state index in [2.05, 4.69) is 0 Å². The van der Waals surface area contributed by atoms with E-state index in [4.69, 9.17) is 9.92 Å². The second-order valence-electron chi connectivity index (χ2n) is 4.38. The summed E-state index contributed by atoms with van der Waals surface area (Å²) in [6.45, 7) is 0.223. The first-order valence-corrected chi connectivity index (χ1v) is 5.81. The number of fused-ring (bicyclic) bond motifs is 1. The number of hydrogen-bond acceptors (Lipinski definition) is 3. The molecule has 0 unspecified atom stereocenters. The fourth-order valence-electron chi connectivity index (χ4n) is 2.19. The van der Waals surface area contributed by atoms with E-state index in [1.807, 2.05) is 6.07 Å². The van der Waals surface area contributed by atoms with Gasteiger partial charge in [-0.1, -0.05) is 18.2 Å². The van der Waals surface area contributed by atoms with Gasteiger partial charge in [-0.2, -0.15) is 5.26 Å². The molecule has 2 aromatic carbocycles. The molecule has 0 aliphatic carbocycles. The molecular formula is C14H9BFNO2. The maximum atomic E-state index is 14.0. The summed E-state index contributed by atoms with van der Waals surface area (Å²) in [4.78, 5) is 0. The molecule has 3 rings (SSSR count). The van der Waals surface area contributed by atoms with Crippen LogP contribution in [0.25, 0.3) is 11.1 Å². The molecule has 0 radical (unpaired) electrons. The van der Waals surface area contributed by atoms with Gasteiger partial charge in [0.2, 0.25) is 0 Å². The highest BCUT2D eigenvalue weighted by molar-refractivity contribution is 6.61. The molecule has 0 amide bonds. The molecule has 0 saturated carbocycles. The number of hydrogen-bond donors (Lipinski definition) is 1. The van der Waals surface area contributed by atoms with Gasteiger partial charge in [-0.15, -0.1) is 0 Å². The zero-order chi connectivity index (χ0) is 13.4. The molecule has 0 aromatic heterocycles. The highest BCUT2D eigenvalue weighted by atomic mass is 19.1. The van der Waals surface area contributed by atoms with Crippen molar-refractivity contribution in [1.29, 1.82) is 5.26 Å². The van der Waals surface area contributed by atoms with E-state index in [-0.39, 0.29) is 12.4 Å². The van der Waals surface area contributed by atoms with E-state index in [0.717, 1.165) is 0 Å². The molecule has 0 atom stereocenters. The van der Waals surface area contributed by atoms with Crippen LogP contribution in [0, 0.1) is 17.1 Å². The van der Waals surface area contributed by atoms with Crippen molar-refractivity contribution in [3.05, 3.63) is 53.3 Å². The minimum Gasteiger partial charge on any atom is -0.423 e. The van der Waals surface area contributed by atoms with Crippen molar-refractivity contribution in [2.45, 2.75) is 6.61 Å². The van der Waals surface area contributed by atoms with Crippen molar-refractivity contribution in [2.75, 3.05) is 0 Å². The largest absolute Gasteiger partial charge is 0.491 e. The fraction of sp³-hybridized carbons (Fsp3) is 0.0714. The third kappa shape index (κ3) is 2.01. The topological polar surface area (TPSA) is 53.2 Å². The van der Waals surface area contributed by atoms with Crippen LogP contribution in [0.1, 0.15) is 11.1 Å². The van der Waals surface area contributed by atoms with Gasteiger partial charge in [-0.25, -0.2) is 4.39 Å². The number of nitriles is 1. The van der Waals surface area contributed by atoms with Crippen LogP contribution in [0.2, 0.25) is 0 Å². The van der Waals surface area contributed by atoms with Crippen LogP contribution >= 0.6 is 0 Å². The summed E-state index contributed by atoms with van der Waals surface area (Å²) in [5.41, 5.74) is 2.85. The van der Waals surface area contributed by atoms with E-state index < -0.39 is 7.12 Å². The third-order valence-corrected chi connectivity index (χ3v) is 3.22. The molecule has 0 spiro atoms. The van der Waals surface area contributed by atoms with Crippen molar-refractivity contribution in [2.24, 2.45) is 0 Å². The van der Waals surface area contributed by atoms with E-state index >= 15 is 0 Å². The molecule has 0 saturated heterocycles. The van der Waals surface area contributed by atoms with Crippen LogP contribution in [0.4, 0.5) is 4.39 Å². The Labute approximate surface area is 110 Å². The summed E-state index contributed by atoms with van der Waals surface area (Å²) in [5.74, 6) is -0.360. The van der Waals surface area contributed by atoms with Crippen LogP contribution in [0.5, 0.6) is 0 Å². The van der Waals surface area contributed by atoms with Crippen molar-refractivity contribution in [3.63, 3.8) is 0 Å². The average Bonchev–Trinajstić information content (AvgIpc) is 2.79. The van der Waals surface area contributed by atoms with E-state index in [1.165, 1.54) is 6.07 Å². The summed E-state index contributed by atoms with van der Waals surface area (Å²) < 4.78 is 19.1. The first kappa shape index (κ1) is 11.9. The summed E-state index contributed by atoms with van der Waals surface area (Å²) >= 11 is 0. The lowest BCUT2D eigenvalue weighted by molar-refractivity contribution is 0.275. The number of rotatable bonds is 1. The Hall–Kier alpha value is -2.16. The lowest BCUT2D eigenvalue weighted by atomic mass is 9.78. The van der Waals surface area contributed by atoms with Crippen LogP contribution in [0.15, 0.2) is 36.4 Å². The van der Waals surface area contributed by atoms with E-state index in [0.29, 0.717) is 27.7 Å². The first-order valence-electron chi connectivity index (χ1n) is 5.81. The Bertz CT molecular complexity index is 679. The van der Waals surface area contributed by atoms with Gasteiger partial charge in [0.1, 0.15) is 5.82 Å². The molecule has 1 heterocycles. The number of halogens is 1. The molecule has 0 fully saturated rings. The van der Waals surface area contributed by atoms with Gasteiger partial charge in [0.05, 0.1) is 18.2 Å². The summed E-state index contributed by atoms with van der Waals surface area (Å²) in [6, 6.07) is 11.6. The quantitative estimate of drug-likeness (QED) is 0.785. The molecule has 92 valence electrons. The predicted molar refractivity (Wildman–Crippen MR) is 68.9 cm³/mol. The Kier molecular flexibility index (Phi) is 2.82. The lowest BCUT2D eigenvalue weighted by Gasteiger charge is -2.07. The SMILES string of the molecule is N#Cc1ccc(-c2cc3c(cc2F)COB3O)cc1. The molecular weight excluding hydrogens is 244 g/mol. The minimum atomic E-state index is -0.993. The average molecular weight is 253 g/mol. The minimum absolute atomic E-state index is 0.223. The number of benzene rings is 2. The van der Waals surface area contributed by atoms with Gasteiger partial charge in [0.15, 0.2) is 0 Å². The summed E-state index contributed by atoms with van der Waals surface area (Å²) in [7, 11) is -0.993. The van der Waals surface area contributed by atoms with Gasteiger partial charge in [-0.05, 0) is 34.8 Å². The molecule has 19 heavy (non-hydrogen) atoms. The second kappa shape index (κ2) is 4.50. The lowest BCUT2D eigenvalue weighted by Crippen LogP contribution is -2.28. The zero-order valence-electron chi connectivity index (χ0n) is 9.93. The Morgan fingerprint density at radius 3 is 2.68 bits per heavy atom. The van der Waals surface area contributed by atoms with Crippen LogP contribution in [0.3, 0.4) is 0 Å². The van der Waals surface area contributed by atoms with Crippen molar-refractivity contribution < 1.29 is 14.1 Å². The first-order chi connectivity index (χ1) is 9.19. The second-order valence-corrected chi connectivity index (χ2v) is 4.38. The maximum absolute atomic E-state index is 14.0. The van der Waals surface area contributed by atoms with E-state index in [9.17, 15) is 9.41 Å².